The number of aryl methyl sites for hydroxylation is 1. The van der Waals surface area contributed by atoms with Crippen molar-refractivity contribution in [3.05, 3.63) is 59.7 Å². The number of benzene rings is 1. The normalized spacial score (nSPS) is 17.7. The summed E-state index contributed by atoms with van der Waals surface area (Å²) in [5.41, 5.74) is 2.85. The molecule has 2 N–H and O–H groups in total. The topological polar surface area (TPSA) is 79.3 Å². The molecule has 0 saturated carbocycles. The number of aromatic nitrogens is 2. The number of halogens is 1. The molecule has 0 bridgehead atoms. The van der Waals surface area contributed by atoms with E-state index in [1.807, 2.05) is 48.6 Å². The zero-order valence-electron chi connectivity index (χ0n) is 21.0. The third-order valence-electron chi connectivity index (χ3n) is 6.96. The quantitative estimate of drug-likeness (QED) is 0.539. The van der Waals surface area contributed by atoms with Crippen molar-refractivity contribution >= 4 is 22.7 Å². The van der Waals surface area contributed by atoms with Crippen LogP contribution in [0.3, 0.4) is 0 Å². The van der Waals surface area contributed by atoms with Crippen LogP contribution in [0.15, 0.2) is 42.7 Å². The van der Waals surface area contributed by atoms with E-state index in [1.54, 1.807) is 26.2 Å². The van der Waals surface area contributed by atoms with Gasteiger partial charge in [0.1, 0.15) is 17.7 Å². The van der Waals surface area contributed by atoms with Gasteiger partial charge in [-0.05, 0) is 81.1 Å². The van der Waals surface area contributed by atoms with Crippen LogP contribution in [0.25, 0.3) is 16.7 Å². The fraction of sp³-hybridized carbons (Fsp3) is 0.444. The number of hydrogen-bond donors (Lipinski definition) is 2. The van der Waals surface area contributed by atoms with Crippen LogP contribution in [0.5, 0.6) is 0 Å². The van der Waals surface area contributed by atoms with E-state index in [0.29, 0.717) is 6.54 Å². The molecule has 0 spiro atoms. The summed E-state index contributed by atoms with van der Waals surface area (Å²) in [6.45, 7) is 8.27. The van der Waals surface area contributed by atoms with Gasteiger partial charge < -0.3 is 20.1 Å². The van der Waals surface area contributed by atoms with Gasteiger partial charge in [0.15, 0.2) is 0 Å². The number of nitrogens with one attached hydrogen (secondary N) is 2. The maximum Gasteiger partial charge on any atom is 0.245 e. The maximum atomic E-state index is 13.8. The standard InChI is InChI=1S/C27H34FN5O2/c1-16(2)25(31-26(34)18(4)29-5)27(35)32-12-6-7-22(32)19-10-11-30-24(13-19)33-15-17(3)21-14-20(28)8-9-23(21)33/h8-11,13-16,18,22,25,29H,6-7,12H2,1-5H3,(H,31,34)/t18-,22-,25-/m0/s1. The largest absolute Gasteiger partial charge is 0.343 e. The highest BCUT2D eigenvalue weighted by molar-refractivity contribution is 5.90. The van der Waals surface area contributed by atoms with E-state index in [1.165, 1.54) is 12.1 Å². The Labute approximate surface area is 205 Å². The highest BCUT2D eigenvalue weighted by atomic mass is 19.1. The van der Waals surface area contributed by atoms with E-state index in [0.717, 1.165) is 40.7 Å². The predicted octanol–water partition coefficient (Wildman–Crippen LogP) is 3.89. The van der Waals surface area contributed by atoms with E-state index in [4.69, 9.17) is 0 Å². The molecule has 1 saturated heterocycles. The summed E-state index contributed by atoms with van der Waals surface area (Å²) in [5, 5.41) is 6.71. The SMILES string of the molecule is CN[C@@H](C)C(=O)N[C@H](C(=O)N1CCC[C@H]1c1ccnc(-n2cc(C)c3cc(F)ccc32)c1)C(C)C. The average molecular weight is 480 g/mol. The van der Waals surface area contributed by atoms with Crippen molar-refractivity contribution in [3.8, 4) is 5.82 Å². The van der Waals surface area contributed by atoms with E-state index < -0.39 is 6.04 Å². The Kier molecular flexibility index (Phi) is 7.21. The lowest BCUT2D eigenvalue weighted by Crippen LogP contribution is -2.54. The molecule has 0 unspecified atom stereocenters. The van der Waals surface area contributed by atoms with Crippen LogP contribution in [0.2, 0.25) is 0 Å². The van der Waals surface area contributed by atoms with Gasteiger partial charge in [-0.25, -0.2) is 9.37 Å². The second kappa shape index (κ2) is 10.2. The minimum Gasteiger partial charge on any atom is -0.343 e. The molecule has 1 fully saturated rings. The van der Waals surface area contributed by atoms with Gasteiger partial charge in [0.05, 0.1) is 17.6 Å². The lowest BCUT2D eigenvalue weighted by molar-refractivity contribution is -0.138. The molecular formula is C27H34FN5O2. The fourth-order valence-electron chi connectivity index (χ4n) is 4.81. The van der Waals surface area contributed by atoms with E-state index in [2.05, 4.69) is 15.6 Å². The molecule has 4 rings (SSSR count). The summed E-state index contributed by atoms with van der Waals surface area (Å²) < 4.78 is 15.8. The molecular weight excluding hydrogens is 445 g/mol. The zero-order chi connectivity index (χ0) is 25.3. The van der Waals surface area contributed by atoms with Crippen LogP contribution in [-0.2, 0) is 9.59 Å². The first kappa shape index (κ1) is 24.9. The highest BCUT2D eigenvalue weighted by Gasteiger charge is 2.36. The van der Waals surface area contributed by atoms with Crippen LogP contribution in [0.4, 0.5) is 4.39 Å². The molecule has 35 heavy (non-hydrogen) atoms. The first-order valence-electron chi connectivity index (χ1n) is 12.2. The van der Waals surface area contributed by atoms with Gasteiger partial charge >= 0.3 is 0 Å². The number of amides is 2. The number of nitrogens with zero attached hydrogens (tertiary/aromatic N) is 3. The van der Waals surface area contributed by atoms with Crippen molar-refractivity contribution in [2.45, 2.75) is 58.7 Å². The fourth-order valence-corrected chi connectivity index (χ4v) is 4.81. The molecule has 0 radical (unpaired) electrons. The summed E-state index contributed by atoms with van der Waals surface area (Å²) in [5.74, 6) is 0.168. The van der Waals surface area contributed by atoms with Crippen molar-refractivity contribution < 1.29 is 14.0 Å². The number of carbonyl (C=O) groups is 2. The molecule has 2 amide bonds. The Hall–Kier alpha value is -3.26. The van der Waals surface area contributed by atoms with Crippen molar-refractivity contribution in [2.75, 3.05) is 13.6 Å². The summed E-state index contributed by atoms with van der Waals surface area (Å²) in [6.07, 6.45) is 5.45. The molecule has 2 aromatic heterocycles. The number of carbonyl (C=O) groups excluding carboxylic acids is 2. The van der Waals surface area contributed by atoms with Gasteiger partial charge in [-0.1, -0.05) is 13.8 Å². The van der Waals surface area contributed by atoms with E-state index >= 15 is 0 Å². The molecule has 1 aliphatic heterocycles. The Bertz CT molecular complexity index is 1240. The van der Waals surface area contributed by atoms with Crippen molar-refractivity contribution in [1.29, 1.82) is 0 Å². The molecule has 8 heteroatoms. The molecule has 3 aromatic rings. The summed E-state index contributed by atoms with van der Waals surface area (Å²) in [4.78, 5) is 32.6. The number of likely N-dealkylation sites (tertiary alicyclic amines) is 1. The van der Waals surface area contributed by atoms with Gasteiger partial charge in [0.2, 0.25) is 11.8 Å². The summed E-state index contributed by atoms with van der Waals surface area (Å²) >= 11 is 0. The molecule has 186 valence electrons. The minimum atomic E-state index is -0.592. The Morgan fingerprint density at radius 2 is 1.94 bits per heavy atom. The van der Waals surface area contributed by atoms with Crippen LogP contribution in [-0.4, -0.2) is 51.9 Å². The minimum absolute atomic E-state index is 0.0423. The number of fused-ring (bicyclic) bond motifs is 1. The van der Waals surface area contributed by atoms with Crippen LogP contribution < -0.4 is 10.6 Å². The van der Waals surface area contributed by atoms with E-state index in [-0.39, 0.29) is 35.6 Å². The van der Waals surface area contributed by atoms with Crippen LogP contribution in [0.1, 0.15) is 50.8 Å². The molecule has 7 nitrogen and oxygen atoms in total. The zero-order valence-corrected chi connectivity index (χ0v) is 21.0. The third kappa shape index (κ3) is 4.93. The maximum absolute atomic E-state index is 13.8. The van der Waals surface area contributed by atoms with Gasteiger partial charge in [-0.3, -0.25) is 9.59 Å². The van der Waals surface area contributed by atoms with Gasteiger partial charge in [-0.2, -0.15) is 0 Å². The Balaban J connectivity index is 1.63. The average Bonchev–Trinajstić information content (AvgIpc) is 3.46. The first-order chi connectivity index (χ1) is 16.7. The third-order valence-corrected chi connectivity index (χ3v) is 6.96. The van der Waals surface area contributed by atoms with Crippen LogP contribution >= 0.6 is 0 Å². The Morgan fingerprint density at radius 3 is 2.66 bits per heavy atom. The van der Waals surface area contributed by atoms with Crippen molar-refractivity contribution in [3.63, 3.8) is 0 Å². The van der Waals surface area contributed by atoms with Gasteiger partial charge in [0, 0.05) is 24.3 Å². The molecule has 1 aromatic carbocycles. The second-order valence-corrected chi connectivity index (χ2v) is 9.72. The molecule has 1 aliphatic rings. The smallest absolute Gasteiger partial charge is 0.245 e. The second-order valence-electron chi connectivity index (χ2n) is 9.72. The van der Waals surface area contributed by atoms with Crippen molar-refractivity contribution in [1.82, 2.24) is 25.1 Å². The number of hydrogen-bond acceptors (Lipinski definition) is 4. The monoisotopic (exact) mass is 479 g/mol. The molecule has 3 heterocycles. The van der Waals surface area contributed by atoms with E-state index in [9.17, 15) is 14.0 Å². The van der Waals surface area contributed by atoms with Crippen LogP contribution in [0, 0.1) is 18.7 Å². The molecule has 0 aliphatic carbocycles. The Morgan fingerprint density at radius 1 is 1.17 bits per heavy atom. The van der Waals surface area contributed by atoms with Gasteiger partial charge in [-0.15, -0.1) is 0 Å². The number of likely N-dealkylation sites (N-methyl/N-ethyl adjacent to an activating group) is 1. The first-order valence-corrected chi connectivity index (χ1v) is 12.2. The lowest BCUT2D eigenvalue weighted by atomic mass is 10.00. The number of rotatable bonds is 7. The highest BCUT2D eigenvalue weighted by Crippen LogP contribution is 2.34. The lowest BCUT2D eigenvalue weighted by Gasteiger charge is -2.32. The van der Waals surface area contributed by atoms with Crippen molar-refractivity contribution in [2.24, 2.45) is 5.92 Å². The predicted molar refractivity (Wildman–Crippen MR) is 135 cm³/mol. The summed E-state index contributed by atoms with van der Waals surface area (Å²) in [7, 11) is 1.72. The summed E-state index contributed by atoms with van der Waals surface area (Å²) in [6, 6.07) is 7.64. The van der Waals surface area contributed by atoms with Gasteiger partial charge in [0.25, 0.3) is 0 Å². The molecule has 3 atom stereocenters. The number of pyridine rings is 1.